The summed E-state index contributed by atoms with van der Waals surface area (Å²) in [6.07, 6.45) is 4.69. The van der Waals surface area contributed by atoms with Crippen LogP contribution in [0, 0.1) is 11.6 Å². The molecule has 3 rings (SSSR count). The lowest BCUT2D eigenvalue weighted by Gasteiger charge is -2.16. The SMILES string of the molecule is O=C(Cc1ccc2c(c1)CCCC2)Nc1cc(F)ccc1F. The molecule has 0 saturated carbocycles. The van der Waals surface area contributed by atoms with E-state index in [4.69, 9.17) is 0 Å². The average Bonchev–Trinajstić information content (AvgIpc) is 2.51. The van der Waals surface area contributed by atoms with Crippen LogP contribution in [0.25, 0.3) is 0 Å². The second-order valence-electron chi connectivity index (χ2n) is 5.66. The van der Waals surface area contributed by atoms with Gasteiger partial charge in [-0.2, -0.15) is 0 Å². The van der Waals surface area contributed by atoms with Gasteiger partial charge in [0.15, 0.2) is 0 Å². The molecule has 22 heavy (non-hydrogen) atoms. The van der Waals surface area contributed by atoms with E-state index in [1.54, 1.807) is 0 Å². The fourth-order valence-electron chi connectivity index (χ4n) is 2.87. The van der Waals surface area contributed by atoms with Gasteiger partial charge in [-0.1, -0.05) is 18.2 Å². The Hall–Kier alpha value is -2.23. The summed E-state index contributed by atoms with van der Waals surface area (Å²) in [5, 5.41) is 2.43. The van der Waals surface area contributed by atoms with Crippen molar-refractivity contribution in [3.05, 3.63) is 64.7 Å². The first-order valence-electron chi connectivity index (χ1n) is 7.47. The maximum atomic E-state index is 13.5. The van der Waals surface area contributed by atoms with Crippen LogP contribution in [-0.4, -0.2) is 5.91 Å². The molecule has 4 heteroatoms. The Morgan fingerprint density at radius 3 is 2.59 bits per heavy atom. The Balaban J connectivity index is 1.70. The van der Waals surface area contributed by atoms with Crippen LogP contribution in [0.3, 0.4) is 0 Å². The minimum absolute atomic E-state index is 0.122. The number of amides is 1. The quantitative estimate of drug-likeness (QED) is 0.911. The lowest BCUT2D eigenvalue weighted by Crippen LogP contribution is -2.16. The molecule has 2 aromatic rings. The third-order valence-electron chi connectivity index (χ3n) is 3.98. The molecule has 0 unspecified atom stereocenters. The standard InChI is InChI=1S/C18H17F2NO/c19-15-7-8-16(20)17(11-15)21-18(22)10-12-5-6-13-3-1-2-4-14(13)9-12/h5-9,11H,1-4,10H2,(H,21,22). The number of rotatable bonds is 3. The molecular formula is C18H17F2NO. The summed E-state index contributed by atoms with van der Waals surface area (Å²) in [4.78, 5) is 12.0. The van der Waals surface area contributed by atoms with Gasteiger partial charge in [0.2, 0.25) is 5.91 Å². The fourth-order valence-corrected chi connectivity index (χ4v) is 2.87. The van der Waals surface area contributed by atoms with Crippen LogP contribution in [-0.2, 0) is 24.1 Å². The molecule has 1 aliphatic rings. The highest BCUT2D eigenvalue weighted by atomic mass is 19.1. The molecule has 0 aromatic heterocycles. The number of hydrogen-bond acceptors (Lipinski definition) is 1. The normalized spacial score (nSPS) is 13.5. The average molecular weight is 301 g/mol. The molecule has 0 radical (unpaired) electrons. The van der Waals surface area contributed by atoms with Crippen LogP contribution in [0.15, 0.2) is 36.4 Å². The third-order valence-corrected chi connectivity index (χ3v) is 3.98. The highest BCUT2D eigenvalue weighted by Crippen LogP contribution is 2.23. The van der Waals surface area contributed by atoms with Crippen LogP contribution >= 0.6 is 0 Å². The van der Waals surface area contributed by atoms with Crippen molar-refractivity contribution in [2.24, 2.45) is 0 Å². The van der Waals surface area contributed by atoms with Crippen LogP contribution < -0.4 is 5.32 Å². The van der Waals surface area contributed by atoms with E-state index in [1.165, 1.54) is 24.0 Å². The van der Waals surface area contributed by atoms with Gasteiger partial charge in [0.1, 0.15) is 11.6 Å². The number of hydrogen-bond donors (Lipinski definition) is 1. The van der Waals surface area contributed by atoms with Gasteiger partial charge in [-0.15, -0.1) is 0 Å². The van der Waals surface area contributed by atoms with Gasteiger partial charge in [-0.3, -0.25) is 4.79 Å². The van der Waals surface area contributed by atoms with Crippen LogP contribution in [0.5, 0.6) is 0 Å². The summed E-state index contributed by atoms with van der Waals surface area (Å²) in [5.74, 6) is -1.56. The molecule has 114 valence electrons. The molecule has 0 bridgehead atoms. The number of carbonyl (C=O) groups is 1. The minimum atomic E-state index is -0.639. The van der Waals surface area contributed by atoms with E-state index in [1.807, 2.05) is 6.07 Å². The van der Waals surface area contributed by atoms with Crippen molar-refractivity contribution in [3.63, 3.8) is 0 Å². The first kappa shape index (κ1) is 14.7. The lowest BCUT2D eigenvalue weighted by molar-refractivity contribution is -0.115. The number of fused-ring (bicyclic) bond motifs is 1. The van der Waals surface area contributed by atoms with E-state index in [2.05, 4.69) is 17.4 Å². The largest absolute Gasteiger partial charge is 0.323 e. The summed E-state index contributed by atoms with van der Waals surface area (Å²) in [7, 11) is 0. The van der Waals surface area contributed by atoms with Gasteiger partial charge in [0, 0.05) is 6.07 Å². The Kier molecular flexibility index (Phi) is 4.18. The zero-order valence-electron chi connectivity index (χ0n) is 12.2. The topological polar surface area (TPSA) is 29.1 Å². The summed E-state index contributed by atoms with van der Waals surface area (Å²) < 4.78 is 26.6. The number of benzene rings is 2. The number of carbonyl (C=O) groups excluding carboxylic acids is 1. The predicted octanol–water partition coefficient (Wildman–Crippen LogP) is 4.02. The Morgan fingerprint density at radius 1 is 1.00 bits per heavy atom. The van der Waals surface area contributed by atoms with Gasteiger partial charge in [-0.05, 0) is 54.5 Å². The Labute approximate surface area is 128 Å². The number of nitrogens with one attached hydrogen (secondary N) is 1. The fraction of sp³-hybridized carbons (Fsp3) is 0.278. The van der Waals surface area contributed by atoms with Crippen molar-refractivity contribution in [1.29, 1.82) is 0 Å². The summed E-state index contributed by atoms with van der Waals surface area (Å²) in [5.41, 5.74) is 3.43. The van der Waals surface area contributed by atoms with Crippen LogP contribution in [0.2, 0.25) is 0 Å². The number of halogens is 2. The Bertz CT molecular complexity index is 712. The van der Waals surface area contributed by atoms with Crippen LogP contribution in [0.4, 0.5) is 14.5 Å². The molecule has 0 atom stereocenters. The van der Waals surface area contributed by atoms with Gasteiger partial charge >= 0.3 is 0 Å². The van der Waals surface area contributed by atoms with Gasteiger partial charge < -0.3 is 5.32 Å². The molecule has 2 nitrogen and oxygen atoms in total. The van der Waals surface area contributed by atoms with Crippen molar-refractivity contribution in [2.45, 2.75) is 32.1 Å². The molecule has 0 aliphatic heterocycles. The van der Waals surface area contributed by atoms with Gasteiger partial charge in [0.25, 0.3) is 0 Å². The first-order valence-corrected chi connectivity index (χ1v) is 7.47. The molecular weight excluding hydrogens is 284 g/mol. The van der Waals surface area contributed by atoms with E-state index in [-0.39, 0.29) is 18.0 Å². The molecule has 0 fully saturated rings. The maximum absolute atomic E-state index is 13.5. The molecule has 0 heterocycles. The van der Waals surface area contributed by atoms with E-state index in [9.17, 15) is 13.6 Å². The smallest absolute Gasteiger partial charge is 0.228 e. The molecule has 0 saturated heterocycles. The first-order chi connectivity index (χ1) is 10.6. The van der Waals surface area contributed by atoms with Crippen molar-refractivity contribution in [1.82, 2.24) is 0 Å². The van der Waals surface area contributed by atoms with Crippen molar-refractivity contribution < 1.29 is 13.6 Å². The van der Waals surface area contributed by atoms with E-state index < -0.39 is 11.6 Å². The van der Waals surface area contributed by atoms with Crippen molar-refractivity contribution in [2.75, 3.05) is 5.32 Å². The van der Waals surface area contributed by atoms with E-state index in [0.29, 0.717) is 0 Å². The predicted molar refractivity (Wildman–Crippen MR) is 81.8 cm³/mol. The summed E-state index contributed by atoms with van der Waals surface area (Å²) in [6.45, 7) is 0. The summed E-state index contributed by atoms with van der Waals surface area (Å²) >= 11 is 0. The zero-order valence-corrected chi connectivity index (χ0v) is 12.2. The number of anilines is 1. The Morgan fingerprint density at radius 2 is 1.77 bits per heavy atom. The molecule has 1 aliphatic carbocycles. The second kappa shape index (κ2) is 6.26. The number of aryl methyl sites for hydroxylation is 2. The monoisotopic (exact) mass is 301 g/mol. The second-order valence-corrected chi connectivity index (χ2v) is 5.66. The summed E-state index contributed by atoms with van der Waals surface area (Å²) in [6, 6.07) is 9.07. The van der Waals surface area contributed by atoms with Crippen molar-refractivity contribution in [3.8, 4) is 0 Å². The molecule has 2 aromatic carbocycles. The third kappa shape index (κ3) is 3.32. The molecule has 1 N–H and O–H groups in total. The molecule has 0 spiro atoms. The maximum Gasteiger partial charge on any atom is 0.228 e. The highest BCUT2D eigenvalue weighted by molar-refractivity contribution is 5.92. The lowest BCUT2D eigenvalue weighted by atomic mass is 9.90. The minimum Gasteiger partial charge on any atom is -0.323 e. The van der Waals surface area contributed by atoms with Gasteiger partial charge in [0.05, 0.1) is 12.1 Å². The van der Waals surface area contributed by atoms with E-state index >= 15 is 0 Å². The van der Waals surface area contributed by atoms with Crippen molar-refractivity contribution >= 4 is 11.6 Å². The van der Waals surface area contributed by atoms with E-state index in [0.717, 1.165) is 36.6 Å². The van der Waals surface area contributed by atoms with Gasteiger partial charge in [-0.25, -0.2) is 8.78 Å². The molecule has 1 amide bonds. The zero-order chi connectivity index (χ0) is 15.5. The highest BCUT2D eigenvalue weighted by Gasteiger charge is 2.12. The van der Waals surface area contributed by atoms with Crippen LogP contribution in [0.1, 0.15) is 29.5 Å².